The molecule has 0 aromatic rings. The molecule has 0 spiro atoms. The monoisotopic (exact) mass is 519 g/mol. The average molecular weight is 520 g/mol. The van der Waals surface area contributed by atoms with E-state index in [1.807, 2.05) is 11.9 Å². The molecule has 1 unspecified atom stereocenters. The van der Waals surface area contributed by atoms with Gasteiger partial charge in [0.05, 0.1) is 18.7 Å². The van der Waals surface area contributed by atoms with Crippen molar-refractivity contribution in [2.75, 3.05) is 52.9 Å². The van der Waals surface area contributed by atoms with Gasteiger partial charge in [-0.3, -0.25) is 25.1 Å². The van der Waals surface area contributed by atoms with E-state index in [4.69, 9.17) is 4.74 Å². The van der Waals surface area contributed by atoms with Crippen molar-refractivity contribution in [2.45, 2.75) is 83.1 Å². The van der Waals surface area contributed by atoms with Crippen molar-refractivity contribution >= 4 is 17.9 Å². The quantitative estimate of drug-likeness (QED) is 0.388. The fraction of sp³-hybridized carbons (Fsp3) is 0.846. The summed E-state index contributed by atoms with van der Waals surface area (Å²) in [6.07, 6.45) is 6.30. The van der Waals surface area contributed by atoms with E-state index >= 15 is 0 Å². The zero-order valence-electron chi connectivity index (χ0n) is 22.8. The summed E-state index contributed by atoms with van der Waals surface area (Å²) in [6, 6.07) is 1.81. The molecule has 11 heteroatoms. The SMILES string of the molecule is CCOC(=O)NC(N[C@@H](CC1CCCCC1)C(=O)NC1(C#N)CCN(C)CC1)N1CCN(C(C)=O)CC1. The second-order valence-corrected chi connectivity index (χ2v) is 10.8. The topological polar surface area (TPSA) is 130 Å². The molecule has 0 radical (unpaired) electrons. The average Bonchev–Trinajstić information content (AvgIpc) is 2.90. The first-order valence-electron chi connectivity index (χ1n) is 13.9. The van der Waals surface area contributed by atoms with Crippen LogP contribution in [-0.2, 0) is 14.3 Å². The van der Waals surface area contributed by atoms with Crippen LogP contribution < -0.4 is 16.0 Å². The molecule has 3 fully saturated rings. The predicted octanol–water partition coefficient (Wildman–Crippen LogP) is 1.21. The Hall–Kier alpha value is -2.42. The van der Waals surface area contributed by atoms with Crippen molar-refractivity contribution in [1.29, 1.82) is 5.26 Å². The number of hydrogen-bond acceptors (Lipinski definition) is 8. The van der Waals surface area contributed by atoms with Gasteiger partial charge in [-0.2, -0.15) is 5.26 Å². The smallest absolute Gasteiger partial charge is 0.409 e. The van der Waals surface area contributed by atoms with Gasteiger partial charge >= 0.3 is 6.09 Å². The molecule has 37 heavy (non-hydrogen) atoms. The Balaban J connectivity index is 1.77. The van der Waals surface area contributed by atoms with Gasteiger partial charge in [0, 0.05) is 46.2 Å². The van der Waals surface area contributed by atoms with Crippen LogP contribution in [-0.4, -0.2) is 103 Å². The number of piperidine rings is 1. The van der Waals surface area contributed by atoms with E-state index in [1.165, 1.54) is 6.42 Å². The van der Waals surface area contributed by atoms with Gasteiger partial charge in [0.1, 0.15) is 11.8 Å². The van der Waals surface area contributed by atoms with Gasteiger partial charge in [0.15, 0.2) is 0 Å². The maximum atomic E-state index is 13.7. The summed E-state index contributed by atoms with van der Waals surface area (Å²) in [5.74, 6) is 0.233. The standard InChI is InChI=1S/C26H45N7O4/c1-4-37-25(36)29-24(33-16-14-32(15-17-33)20(2)34)28-22(18-21-8-6-5-7-9-21)23(35)30-26(19-27)10-12-31(3)13-11-26/h21-22,24,28H,4-18H2,1-3H3,(H,29,36)(H,30,35)/t22-,24?/m0/s1. The lowest BCUT2D eigenvalue weighted by atomic mass is 9.84. The molecule has 3 N–H and O–H groups in total. The van der Waals surface area contributed by atoms with E-state index in [0.717, 1.165) is 38.8 Å². The summed E-state index contributed by atoms with van der Waals surface area (Å²) in [5, 5.41) is 19.4. The van der Waals surface area contributed by atoms with Crippen molar-refractivity contribution in [3.63, 3.8) is 0 Å². The van der Waals surface area contributed by atoms with Crippen LogP contribution in [0.25, 0.3) is 0 Å². The van der Waals surface area contributed by atoms with E-state index < -0.39 is 24.0 Å². The fourth-order valence-corrected chi connectivity index (χ4v) is 5.60. The lowest BCUT2D eigenvalue weighted by molar-refractivity contribution is -0.131. The van der Waals surface area contributed by atoms with Gasteiger partial charge < -0.3 is 19.9 Å². The summed E-state index contributed by atoms with van der Waals surface area (Å²) >= 11 is 0. The summed E-state index contributed by atoms with van der Waals surface area (Å²) in [4.78, 5) is 44.0. The number of carbonyl (C=O) groups is 3. The highest BCUT2D eigenvalue weighted by Crippen LogP contribution is 2.28. The van der Waals surface area contributed by atoms with E-state index in [2.05, 4.69) is 26.9 Å². The highest BCUT2D eigenvalue weighted by atomic mass is 16.5. The molecule has 0 aromatic heterocycles. The molecule has 3 rings (SSSR count). The van der Waals surface area contributed by atoms with Crippen molar-refractivity contribution in [3.8, 4) is 6.07 Å². The maximum Gasteiger partial charge on any atom is 0.409 e. The van der Waals surface area contributed by atoms with Crippen LogP contribution >= 0.6 is 0 Å². The summed E-state index contributed by atoms with van der Waals surface area (Å²) in [6.45, 7) is 7.24. The Morgan fingerprint density at radius 3 is 2.27 bits per heavy atom. The van der Waals surface area contributed by atoms with Crippen LogP contribution in [0.2, 0.25) is 0 Å². The molecule has 2 saturated heterocycles. The third-order valence-electron chi connectivity index (χ3n) is 8.04. The molecule has 0 aromatic carbocycles. The number of likely N-dealkylation sites (tertiary alicyclic amines) is 1. The van der Waals surface area contributed by atoms with Crippen LogP contribution in [0.15, 0.2) is 0 Å². The molecule has 1 saturated carbocycles. The molecule has 0 bridgehead atoms. The third-order valence-corrected chi connectivity index (χ3v) is 8.04. The van der Waals surface area contributed by atoms with Gasteiger partial charge in [-0.15, -0.1) is 0 Å². The van der Waals surface area contributed by atoms with Gasteiger partial charge in [-0.05, 0) is 39.2 Å². The highest BCUT2D eigenvalue weighted by Gasteiger charge is 2.39. The Labute approximate surface area is 221 Å². The van der Waals surface area contributed by atoms with Crippen LogP contribution in [0.3, 0.4) is 0 Å². The maximum absolute atomic E-state index is 13.7. The number of alkyl carbamates (subject to hydrolysis) is 1. The lowest BCUT2D eigenvalue weighted by Gasteiger charge is -2.41. The number of rotatable bonds is 9. The lowest BCUT2D eigenvalue weighted by Crippen LogP contribution is -2.66. The van der Waals surface area contributed by atoms with E-state index in [0.29, 0.717) is 51.4 Å². The molecular weight excluding hydrogens is 474 g/mol. The summed E-state index contributed by atoms with van der Waals surface area (Å²) in [7, 11) is 2.02. The number of carbonyl (C=O) groups excluding carboxylic acids is 3. The number of ether oxygens (including phenoxy) is 1. The first-order valence-corrected chi connectivity index (χ1v) is 13.9. The van der Waals surface area contributed by atoms with Crippen LogP contribution in [0.4, 0.5) is 4.79 Å². The summed E-state index contributed by atoms with van der Waals surface area (Å²) in [5.41, 5.74) is -0.882. The molecular formula is C26H45N7O4. The molecule has 2 aliphatic heterocycles. The normalized spacial score (nSPS) is 22.9. The van der Waals surface area contributed by atoms with Crippen molar-refractivity contribution in [2.24, 2.45) is 5.92 Å². The fourth-order valence-electron chi connectivity index (χ4n) is 5.60. The first-order chi connectivity index (χ1) is 17.7. The molecule has 3 amide bonds. The highest BCUT2D eigenvalue weighted by molar-refractivity contribution is 5.83. The molecule has 2 heterocycles. The molecule has 1 aliphatic carbocycles. The van der Waals surface area contributed by atoms with E-state index in [-0.39, 0.29) is 18.4 Å². The van der Waals surface area contributed by atoms with E-state index in [9.17, 15) is 19.6 Å². The van der Waals surface area contributed by atoms with Crippen LogP contribution in [0.1, 0.15) is 65.2 Å². The molecule has 2 atom stereocenters. The second kappa shape index (κ2) is 13.9. The minimum Gasteiger partial charge on any atom is -0.450 e. The number of nitriles is 1. The first kappa shape index (κ1) is 29.1. The Kier molecular flexibility index (Phi) is 11.0. The van der Waals surface area contributed by atoms with E-state index in [1.54, 1.807) is 18.7 Å². The van der Waals surface area contributed by atoms with Crippen molar-refractivity contribution in [1.82, 2.24) is 30.7 Å². The number of amides is 3. The van der Waals surface area contributed by atoms with Crippen LogP contribution in [0, 0.1) is 17.2 Å². The van der Waals surface area contributed by atoms with Crippen molar-refractivity contribution < 1.29 is 19.1 Å². The minimum absolute atomic E-state index is 0.0250. The Morgan fingerprint density at radius 2 is 1.70 bits per heavy atom. The van der Waals surface area contributed by atoms with Gasteiger partial charge in [-0.25, -0.2) is 4.79 Å². The number of nitrogens with one attached hydrogen (secondary N) is 3. The number of nitrogens with zero attached hydrogens (tertiary/aromatic N) is 4. The third kappa shape index (κ3) is 8.55. The zero-order valence-corrected chi connectivity index (χ0v) is 22.8. The second-order valence-electron chi connectivity index (χ2n) is 10.8. The molecule has 3 aliphatic rings. The zero-order chi connectivity index (χ0) is 26.8. The predicted molar refractivity (Wildman–Crippen MR) is 139 cm³/mol. The van der Waals surface area contributed by atoms with Crippen LogP contribution in [0.5, 0.6) is 0 Å². The summed E-state index contributed by atoms with van der Waals surface area (Å²) < 4.78 is 5.15. The largest absolute Gasteiger partial charge is 0.450 e. The Bertz CT molecular complexity index is 810. The Morgan fingerprint density at radius 1 is 1.05 bits per heavy atom. The van der Waals surface area contributed by atoms with Gasteiger partial charge in [0.25, 0.3) is 0 Å². The minimum atomic E-state index is -0.882. The van der Waals surface area contributed by atoms with Gasteiger partial charge in [-0.1, -0.05) is 32.1 Å². The molecule has 208 valence electrons. The van der Waals surface area contributed by atoms with Crippen molar-refractivity contribution in [3.05, 3.63) is 0 Å². The van der Waals surface area contributed by atoms with Gasteiger partial charge in [0.2, 0.25) is 11.8 Å². The number of piperazine rings is 1. The number of hydrogen-bond donors (Lipinski definition) is 3. The molecule has 11 nitrogen and oxygen atoms in total.